The Morgan fingerprint density at radius 2 is 1.91 bits per heavy atom. The highest BCUT2D eigenvalue weighted by molar-refractivity contribution is 6.30. The van der Waals surface area contributed by atoms with E-state index in [0.717, 1.165) is 0 Å². The maximum atomic E-state index is 11.2. The van der Waals surface area contributed by atoms with Crippen LogP contribution in [0.5, 0.6) is 11.5 Å². The summed E-state index contributed by atoms with van der Waals surface area (Å²) in [7, 11) is 1.51. The smallest absolute Gasteiger partial charge is 0.318 e. The number of benzene rings is 2. The van der Waals surface area contributed by atoms with Gasteiger partial charge in [-0.2, -0.15) is 0 Å². The zero-order valence-corrected chi connectivity index (χ0v) is 12.3. The molecule has 0 radical (unpaired) electrons. The first-order chi connectivity index (χ1) is 10.5. The summed E-state index contributed by atoms with van der Waals surface area (Å²) in [5, 5.41) is 16.3. The number of nitro groups is 1. The minimum absolute atomic E-state index is 0.0846. The summed E-state index contributed by atoms with van der Waals surface area (Å²) in [6.45, 7) is 0. The van der Waals surface area contributed by atoms with Gasteiger partial charge in [0, 0.05) is 23.8 Å². The minimum Gasteiger partial charge on any atom is -0.450 e. The van der Waals surface area contributed by atoms with Crippen LogP contribution in [0, 0.1) is 10.1 Å². The van der Waals surface area contributed by atoms with E-state index < -0.39 is 4.92 Å². The summed E-state index contributed by atoms with van der Waals surface area (Å²) in [5.74, 6) is 0.481. The Hall–Kier alpha value is -2.80. The second-order valence-electron chi connectivity index (χ2n) is 4.20. The number of rotatable bonds is 4. The third kappa shape index (κ3) is 3.86. The van der Waals surface area contributed by atoms with Crippen LogP contribution in [-0.4, -0.2) is 18.0 Å². The summed E-state index contributed by atoms with van der Waals surface area (Å²) in [5.41, 5.74) is 0.345. The molecule has 114 valence electrons. The van der Waals surface area contributed by atoms with Gasteiger partial charge in [0.05, 0.1) is 4.92 Å². The molecule has 0 bridgehead atoms. The lowest BCUT2D eigenvalue weighted by Gasteiger charge is -2.08. The van der Waals surface area contributed by atoms with E-state index >= 15 is 0 Å². The van der Waals surface area contributed by atoms with E-state index in [9.17, 15) is 14.9 Å². The number of nitro benzene ring substituents is 1. The van der Waals surface area contributed by atoms with Gasteiger partial charge >= 0.3 is 11.7 Å². The topological polar surface area (TPSA) is 93.5 Å². The molecule has 0 aliphatic carbocycles. The number of carbonyl (C=O) groups is 1. The predicted molar refractivity (Wildman–Crippen MR) is 82.7 cm³/mol. The molecule has 2 amide bonds. The lowest BCUT2D eigenvalue weighted by atomic mass is 10.2. The second kappa shape index (κ2) is 6.77. The predicted octanol–water partition coefficient (Wildman–Crippen LogP) is 3.79. The Morgan fingerprint density at radius 1 is 1.23 bits per heavy atom. The van der Waals surface area contributed by atoms with Gasteiger partial charge in [-0.3, -0.25) is 10.1 Å². The van der Waals surface area contributed by atoms with Gasteiger partial charge in [-0.1, -0.05) is 11.6 Å². The summed E-state index contributed by atoms with van der Waals surface area (Å²) < 4.78 is 5.48. The standard InChI is InChI=1S/C14H12ClN3O4/c1-16-14(19)17-10-3-5-11(6-4-10)22-13-7-2-9(15)8-12(13)18(20)21/h2-8H,1H3,(H2,16,17,19). The van der Waals surface area contributed by atoms with Crippen molar-refractivity contribution in [2.24, 2.45) is 0 Å². The lowest BCUT2D eigenvalue weighted by Crippen LogP contribution is -2.24. The van der Waals surface area contributed by atoms with Gasteiger partial charge in [-0.25, -0.2) is 4.79 Å². The fourth-order valence-electron chi connectivity index (χ4n) is 1.65. The third-order valence-corrected chi connectivity index (χ3v) is 2.92. The summed E-state index contributed by atoms with van der Waals surface area (Å²) in [4.78, 5) is 21.6. The number of ether oxygens (including phenoxy) is 1. The number of anilines is 1. The van der Waals surface area contributed by atoms with Crippen molar-refractivity contribution in [3.05, 3.63) is 57.6 Å². The van der Waals surface area contributed by atoms with E-state index in [-0.39, 0.29) is 22.5 Å². The fraction of sp³-hybridized carbons (Fsp3) is 0.0714. The van der Waals surface area contributed by atoms with Crippen LogP contribution in [0.4, 0.5) is 16.2 Å². The monoisotopic (exact) mass is 321 g/mol. The number of amides is 2. The van der Waals surface area contributed by atoms with Crippen LogP contribution in [0.15, 0.2) is 42.5 Å². The van der Waals surface area contributed by atoms with E-state index in [1.165, 1.54) is 25.2 Å². The quantitative estimate of drug-likeness (QED) is 0.661. The molecule has 0 aliphatic heterocycles. The molecule has 22 heavy (non-hydrogen) atoms. The Kier molecular flexibility index (Phi) is 4.80. The highest BCUT2D eigenvalue weighted by atomic mass is 35.5. The fourth-order valence-corrected chi connectivity index (χ4v) is 1.81. The zero-order chi connectivity index (χ0) is 16.1. The molecule has 2 aromatic rings. The highest BCUT2D eigenvalue weighted by Gasteiger charge is 2.16. The lowest BCUT2D eigenvalue weighted by molar-refractivity contribution is -0.385. The molecule has 2 rings (SSSR count). The van der Waals surface area contributed by atoms with Crippen LogP contribution in [-0.2, 0) is 0 Å². The first kappa shape index (κ1) is 15.6. The van der Waals surface area contributed by atoms with Gasteiger partial charge in [0.2, 0.25) is 5.75 Å². The van der Waals surface area contributed by atoms with Gasteiger partial charge in [0.25, 0.3) is 0 Å². The molecule has 0 saturated heterocycles. The SMILES string of the molecule is CNC(=O)Nc1ccc(Oc2ccc(Cl)cc2[N+](=O)[O-])cc1. The molecule has 8 heteroatoms. The molecule has 0 aromatic heterocycles. The largest absolute Gasteiger partial charge is 0.450 e. The van der Waals surface area contributed by atoms with Crippen molar-refractivity contribution in [1.82, 2.24) is 5.32 Å². The maximum Gasteiger partial charge on any atom is 0.318 e. The first-order valence-corrected chi connectivity index (χ1v) is 6.58. The minimum atomic E-state index is -0.567. The number of halogens is 1. The Morgan fingerprint density at radius 3 is 2.50 bits per heavy atom. The molecule has 7 nitrogen and oxygen atoms in total. The van der Waals surface area contributed by atoms with Crippen molar-refractivity contribution in [3.63, 3.8) is 0 Å². The molecule has 0 aliphatic rings. The summed E-state index contributed by atoms with van der Waals surface area (Å²) >= 11 is 5.74. The van der Waals surface area contributed by atoms with Crippen LogP contribution in [0.1, 0.15) is 0 Å². The van der Waals surface area contributed by atoms with E-state index in [2.05, 4.69) is 10.6 Å². The Labute approximate surface area is 131 Å². The van der Waals surface area contributed by atoms with Crippen molar-refractivity contribution in [2.45, 2.75) is 0 Å². The molecular weight excluding hydrogens is 310 g/mol. The van der Waals surface area contributed by atoms with E-state index in [0.29, 0.717) is 11.4 Å². The molecule has 0 atom stereocenters. The van der Waals surface area contributed by atoms with Gasteiger partial charge < -0.3 is 15.4 Å². The second-order valence-corrected chi connectivity index (χ2v) is 4.64. The molecule has 2 N–H and O–H groups in total. The first-order valence-electron chi connectivity index (χ1n) is 6.20. The van der Waals surface area contributed by atoms with Crippen molar-refractivity contribution in [3.8, 4) is 11.5 Å². The number of carbonyl (C=O) groups excluding carboxylic acids is 1. The average Bonchev–Trinajstić information content (AvgIpc) is 2.50. The number of nitrogens with zero attached hydrogens (tertiary/aromatic N) is 1. The molecule has 0 spiro atoms. The van der Waals surface area contributed by atoms with E-state index in [1.54, 1.807) is 24.3 Å². The summed E-state index contributed by atoms with van der Waals surface area (Å²) in [6.07, 6.45) is 0. The zero-order valence-electron chi connectivity index (χ0n) is 11.5. The average molecular weight is 322 g/mol. The van der Waals surface area contributed by atoms with Crippen LogP contribution in [0.3, 0.4) is 0 Å². The van der Waals surface area contributed by atoms with Crippen molar-refractivity contribution in [1.29, 1.82) is 0 Å². The van der Waals surface area contributed by atoms with E-state index in [1.807, 2.05) is 0 Å². The van der Waals surface area contributed by atoms with Crippen LogP contribution < -0.4 is 15.4 Å². The van der Waals surface area contributed by atoms with Crippen molar-refractivity contribution in [2.75, 3.05) is 12.4 Å². The number of hydrogen-bond acceptors (Lipinski definition) is 4. The molecule has 0 fully saturated rings. The Balaban J connectivity index is 2.18. The molecule has 0 heterocycles. The normalized spacial score (nSPS) is 9.91. The van der Waals surface area contributed by atoms with Gasteiger partial charge in [0.1, 0.15) is 5.75 Å². The molecule has 0 unspecified atom stereocenters. The van der Waals surface area contributed by atoms with Gasteiger partial charge in [-0.15, -0.1) is 0 Å². The molecule has 2 aromatic carbocycles. The van der Waals surface area contributed by atoms with Crippen molar-refractivity contribution >= 4 is 29.0 Å². The molecule has 0 saturated carbocycles. The number of urea groups is 1. The highest BCUT2D eigenvalue weighted by Crippen LogP contribution is 2.33. The summed E-state index contributed by atoms with van der Waals surface area (Å²) in [6, 6.07) is 10.2. The van der Waals surface area contributed by atoms with E-state index in [4.69, 9.17) is 16.3 Å². The van der Waals surface area contributed by atoms with Gasteiger partial charge in [0.15, 0.2) is 0 Å². The Bertz CT molecular complexity index is 704. The van der Waals surface area contributed by atoms with Crippen molar-refractivity contribution < 1.29 is 14.5 Å². The number of hydrogen-bond donors (Lipinski definition) is 2. The molecular formula is C14H12ClN3O4. The maximum absolute atomic E-state index is 11.2. The van der Waals surface area contributed by atoms with Crippen LogP contribution in [0.2, 0.25) is 5.02 Å². The number of nitrogens with one attached hydrogen (secondary N) is 2. The van der Waals surface area contributed by atoms with Crippen LogP contribution in [0.25, 0.3) is 0 Å². The van der Waals surface area contributed by atoms with Crippen LogP contribution >= 0.6 is 11.6 Å². The third-order valence-electron chi connectivity index (χ3n) is 2.68. The van der Waals surface area contributed by atoms with Gasteiger partial charge in [-0.05, 0) is 36.4 Å².